The largest absolute Gasteiger partial charge is 0.508 e. The number of ether oxygens (including phenoxy) is 2. The van der Waals surface area contributed by atoms with Crippen molar-refractivity contribution in [2.45, 2.75) is 20.3 Å². The fourth-order valence-corrected chi connectivity index (χ4v) is 2.73. The van der Waals surface area contributed by atoms with Gasteiger partial charge in [0.15, 0.2) is 16.9 Å². The van der Waals surface area contributed by atoms with Crippen molar-refractivity contribution in [3.8, 4) is 34.7 Å². The van der Waals surface area contributed by atoms with E-state index >= 15 is 0 Å². The van der Waals surface area contributed by atoms with Gasteiger partial charge in [0.05, 0.1) is 13.2 Å². The third kappa shape index (κ3) is 3.73. The van der Waals surface area contributed by atoms with Gasteiger partial charge in [-0.3, -0.25) is 4.79 Å². The van der Waals surface area contributed by atoms with Crippen molar-refractivity contribution in [2.75, 3.05) is 7.11 Å². The van der Waals surface area contributed by atoms with Crippen LogP contribution in [0.4, 0.5) is 0 Å². The highest BCUT2D eigenvalue weighted by atomic mass is 16.6. The minimum Gasteiger partial charge on any atom is -0.508 e. The first-order chi connectivity index (χ1) is 13.3. The van der Waals surface area contributed by atoms with E-state index < -0.39 is 5.43 Å². The lowest BCUT2D eigenvalue weighted by molar-refractivity contribution is 0.332. The molecule has 0 atom stereocenters. The number of allylic oxidation sites excluding steroid dienone is 2. The summed E-state index contributed by atoms with van der Waals surface area (Å²) in [6, 6.07) is 6.33. The highest BCUT2D eigenvalue weighted by Gasteiger charge is 2.19. The van der Waals surface area contributed by atoms with Crippen LogP contribution in [-0.2, 0) is 6.42 Å². The minimum atomic E-state index is -0.506. The molecule has 0 aliphatic heterocycles. The fraction of sp³-hybridized carbons (Fsp3) is 0.190. The molecule has 3 rings (SSSR count). The zero-order valence-corrected chi connectivity index (χ0v) is 15.6. The summed E-state index contributed by atoms with van der Waals surface area (Å²) in [4.78, 5) is 12.6. The summed E-state index contributed by atoms with van der Waals surface area (Å²) in [5.74, 6) is -0.479. The Hall–Kier alpha value is -3.61. The second kappa shape index (κ2) is 7.56. The number of rotatable bonds is 5. The van der Waals surface area contributed by atoms with Crippen molar-refractivity contribution < 1.29 is 29.2 Å². The molecule has 0 spiro atoms. The summed E-state index contributed by atoms with van der Waals surface area (Å²) < 4.78 is 16.3. The van der Waals surface area contributed by atoms with E-state index in [1.807, 2.05) is 19.9 Å². The van der Waals surface area contributed by atoms with Crippen LogP contribution in [0.25, 0.3) is 11.0 Å². The molecule has 0 aliphatic rings. The first-order valence-corrected chi connectivity index (χ1v) is 8.50. The molecule has 0 saturated heterocycles. The summed E-state index contributed by atoms with van der Waals surface area (Å²) in [6.07, 6.45) is 2.31. The highest BCUT2D eigenvalue weighted by Crippen LogP contribution is 2.38. The molecule has 7 heteroatoms. The standard InChI is InChI=1S/C21H20O7/c1-11(2)4-6-13-17(26-3)10-18-20(21(13)25)15(24)9-19(28-18)27-16-7-5-12(22)8-14(16)23/h4-5,7-10,22-23,25H,6H2,1-3H3. The number of hydrogen-bond acceptors (Lipinski definition) is 7. The Morgan fingerprint density at radius 3 is 2.50 bits per heavy atom. The lowest BCUT2D eigenvalue weighted by atomic mass is 10.0. The van der Waals surface area contributed by atoms with Crippen LogP contribution in [0.3, 0.4) is 0 Å². The van der Waals surface area contributed by atoms with Crippen LogP contribution in [0.15, 0.2) is 51.2 Å². The average Bonchev–Trinajstić information content (AvgIpc) is 2.62. The Balaban J connectivity index is 2.11. The third-order valence-electron chi connectivity index (χ3n) is 4.12. The van der Waals surface area contributed by atoms with Crippen LogP contribution in [0, 0.1) is 0 Å². The predicted octanol–water partition coefficient (Wildman–Crippen LogP) is 4.22. The maximum absolute atomic E-state index is 12.6. The van der Waals surface area contributed by atoms with Gasteiger partial charge >= 0.3 is 0 Å². The van der Waals surface area contributed by atoms with Gasteiger partial charge in [0, 0.05) is 17.7 Å². The van der Waals surface area contributed by atoms with Crippen molar-refractivity contribution in [3.05, 3.63) is 57.8 Å². The summed E-state index contributed by atoms with van der Waals surface area (Å²) in [5.41, 5.74) is 1.11. The van der Waals surface area contributed by atoms with E-state index in [-0.39, 0.29) is 39.9 Å². The lowest BCUT2D eigenvalue weighted by Crippen LogP contribution is -2.04. The maximum atomic E-state index is 12.6. The molecular formula is C21H20O7. The van der Waals surface area contributed by atoms with Crippen molar-refractivity contribution in [1.82, 2.24) is 0 Å². The molecule has 0 amide bonds. The maximum Gasteiger partial charge on any atom is 0.294 e. The van der Waals surface area contributed by atoms with E-state index in [0.29, 0.717) is 17.7 Å². The molecule has 2 aromatic carbocycles. The normalized spacial score (nSPS) is 10.7. The fourth-order valence-electron chi connectivity index (χ4n) is 2.73. The first kappa shape index (κ1) is 19.2. The molecule has 1 heterocycles. The molecule has 146 valence electrons. The van der Waals surface area contributed by atoms with Gasteiger partial charge in [-0.05, 0) is 32.4 Å². The Bertz CT molecular complexity index is 1120. The van der Waals surface area contributed by atoms with Crippen LogP contribution in [0.2, 0.25) is 0 Å². The van der Waals surface area contributed by atoms with Gasteiger partial charge in [0.1, 0.15) is 28.2 Å². The molecule has 3 N–H and O–H groups in total. The quantitative estimate of drug-likeness (QED) is 0.565. The monoisotopic (exact) mass is 384 g/mol. The smallest absolute Gasteiger partial charge is 0.294 e. The van der Waals surface area contributed by atoms with Gasteiger partial charge in [-0.15, -0.1) is 0 Å². The van der Waals surface area contributed by atoms with Crippen molar-refractivity contribution in [2.24, 2.45) is 0 Å². The second-order valence-electron chi connectivity index (χ2n) is 6.45. The molecule has 7 nitrogen and oxygen atoms in total. The van der Waals surface area contributed by atoms with Gasteiger partial charge in [-0.25, -0.2) is 0 Å². The number of phenols is 3. The van der Waals surface area contributed by atoms with Gasteiger partial charge in [0.2, 0.25) is 0 Å². The molecule has 0 unspecified atom stereocenters. The Morgan fingerprint density at radius 1 is 1.11 bits per heavy atom. The third-order valence-corrected chi connectivity index (χ3v) is 4.12. The van der Waals surface area contributed by atoms with Gasteiger partial charge in [-0.2, -0.15) is 0 Å². The molecule has 0 aliphatic carbocycles. The molecule has 1 aromatic heterocycles. The summed E-state index contributed by atoms with van der Waals surface area (Å²) in [7, 11) is 1.46. The number of aromatic hydroxyl groups is 3. The number of fused-ring (bicyclic) bond motifs is 1. The Morgan fingerprint density at radius 2 is 1.86 bits per heavy atom. The topological polar surface area (TPSA) is 109 Å². The average molecular weight is 384 g/mol. The summed E-state index contributed by atoms with van der Waals surface area (Å²) >= 11 is 0. The highest BCUT2D eigenvalue weighted by molar-refractivity contribution is 5.87. The molecular weight excluding hydrogens is 364 g/mol. The minimum absolute atomic E-state index is 0.00309. The zero-order chi connectivity index (χ0) is 20.4. The second-order valence-corrected chi connectivity index (χ2v) is 6.45. The molecule has 0 fully saturated rings. The van der Waals surface area contributed by atoms with Gasteiger partial charge < -0.3 is 29.2 Å². The van der Waals surface area contributed by atoms with Crippen molar-refractivity contribution >= 4 is 11.0 Å². The van der Waals surface area contributed by atoms with Crippen LogP contribution in [0.1, 0.15) is 19.4 Å². The van der Waals surface area contributed by atoms with E-state index in [2.05, 4.69) is 0 Å². The Kier molecular flexibility index (Phi) is 5.17. The van der Waals surface area contributed by atoms with E-state index in [4.69, 9.17) is 13.9 Å². The number of phenolic OH excluding ortho intramolecular Hbond substituents is 3. The number of hydrogen-bond donors (Lipinski definition) is 3. The van der Waals surface area contributed by atoms with Crippen LogP contribution < -0.4 is 14.9 Å². The molecule has 28 heavy (non-hydrogen) atoms. The SMILES string of the molecule is COc1cc2oc(Oc3ccc(O)cc3O)cc(=O)c2c(O)c1CC=C(C)C. The van der Waals surface area contributed by atoms with Crippen molar-refractivity contribution in [3.63, 3.8) is 0 Å². The van der Waals surface area contributed by atoms with Crippen LogP contribution >= 0.6 is 0 Å². The van der Waals surface area contributed by atoms with Crippen molar-refractivity contribution in [1.29, 1.82) is 0 Å². The number of benzene rings is 2. The van der Waals surface area contributed by atoms with E-state index in [9.17, 15) is 20.1 Å². The number of methoxy groups -OCH3 is 1. The van der Waals surface area contributed by atoms with E-state index in [0.717, 1.165) is 17.7 Å². The first-order valence-electron chi connectivity index (χ1n) is 8.50. The van der Waals surface area contributed by atoms with Crippen LogP contribution in [0.5, 0.6) is 34.7 Å². The van der Waals surface area contributed by atoms with Crippen LogP contribution in [-0.4, -0.2) is 22.4 Å². The molecule has 0 radical (unpaired) electrons. The molecule has 3 aromatic rings. The summed E-state index contributed by atoms with van der Waals surface area (Å²) in [5, 5.41) is 29.8. The molecule has 0 saturated carbocycles. The van der Waals surface area contributed by atoms with Gasteiger partial charge in [-0.1, -0.05) is 11.6 Å². The summed E-state index contributed by atoms with van der Waals surface area (Å²) in [6.45, 7) is 3.86. The zero-order valence-electron chi connectivity index (χ0n) is 15.6. The lowest BCUT2D eigenvalue weighted by Gasteiger charge is -2.12. The predicted molar refractivity (Wildman–Crippen MR) is 104 cm³/mol. The van der Waals surface area contributed by atoms with Gasteiger partial charge in [0.25, 0.3) is 5.95 Å². The Labute approximate surface area is 160 Å². The molecule has 0 bridgehead atoms. The van der Waals surface area contributed by atoms with E-state index in [1.165, 1.54) is 25.3 Å². The van der Waals surface area contributed by atoms with E-state index in [1.54, 1.807) is 0 Å².